The number of hydrogen-bond donors (Lipinski definition) is 1. The summed E-state index contributed by atoms with van der Waals surface area (Å²) in [4.78, 5) is 27.0. The van der Waals surface area contributed by atoms with Gasteiger partial charge in [-0.15, -0.1) is 0 Å². The number of nitrogens with zero attached hydrogens (tertiary/aromatic N) is 2. The molecule has 0 heterocycles. The fourth-order valence-electron chi connectivity index (χ4n) is 7.56. The molecular weight excluding hydrogens is 683 g/mol. The number of rotatable bonds is 43. The molecule has 0 unspecified atom stereocenters. The minimum absolute atomic E-state index is 0.00903. The van der Waals surface area contributed by atoms with Crippen molar-refractivity contribution in [3.05, 3.63) is 0 Å². The summed E-state index contributed by atoms with van der Waals surface area (Å²) in [5, 5.41) is 4.82. The number of hydrogen-bond acceptors (Lipinski definition) is 7. The van der Waals surface area contributed by atoms with Crippen molar-refractivity contribution < 1.29 is 19.1 Å². The van der Waals surface area contributed by atoms with Crippen LogP contribution in [0.3, 0.4) is 0 Å². The van der Waals surface area contributed by atoms with E-state index in [4.69, 9.17) is 14.6 Å². The van der Waals surface area contributed by atoms with Crippen LogP contribution < -0.4 is 5.43 Å². The summed E-state index contributed by atoms with van der Waals surface area (Å²) in [5.74, 6) is 1.40. The fourth-order valence-corrected chi connectivity index (χ4v) is 7.56. The molecule has 0 aliphatic carbocycles. The number of unbranched alkanes of at least 4 members (excludes halogenated alkanes) is 16. The number of hydrazone groups is 1. The molecular formula is C48H95N3O4. The summed E-state index contributed by atoms with van der Waals surface area (Å²) in [5.41, 5.74) is 4.64. The Bertz CT molecular complexity index is 786. The SMILES string of the molecule is CCCCCC(CCCCC)CCOC(=O)CCCCCCCC(CCCCCCCC(=O)OCCC(CCCCC)CCCCC)=NNCCCN(C)C. The van der Waals surface area contributed by atoms with Crippen LogP contribution in [0.5, 0.6) is 0 Å². The molecule has 326 valence electrons. The minimum Gasteiger partial charge on any atom is -0.466 e. The van der Waals surface area contributed by atoms with Gasteiger partial charge in [-0.2, -0.15) is 5.10 Å². The Labute approximate surface area is 343 Å². The third-order valence-electron chi connectivity index (χ3n) is 11.3. The number of esters is 2. The Balaban J connectivity index is 4.28. The second-order valence-electron chi connectivity index (χ2n) is 17.0. The van der Waals surface area contributed by atoms with Crippen molar-refractivity contribution in [3.63, 3.8) is 0 Å². The highest BCUT2D eigenvalue weighted by molar-refractivity contribution is 5.84. The topological polar surface area (TPSA) is 80.2 Å². The van der Waals surface area contributed by atoms with E-state index in [1.54, 1.807) is 0 Å². The van der Waals surface area contributed by atoms with Gasteiger partial charge in [-0.1, -0.05) is 169 Å². The molecule has 7 nitrogen and oxygen atoms in total. The monoisotopic (exact) mass is 778 g/mol. The van der Waals surface area contributed by atoms with Gasteiger partial charge < -0.3 is 19.8 Å². The van der Waals surface area contributed by atoms with Gasteiger partial charge in [0.05, 0.1) is 13.2 Å². The lowest BCUT2D eigenvalue weighted by atomic mass is 9.92. The number of carbonyl (C=O) groups excluding carboxylic acids is 2. The molecule has 0 fully saturated rings. The van der Waals surface area contributed by atoms with Gasteiger partial charge in [0.25, 0.3) is 0 Å². The van der Waals surface area contributed by atoms with Crippen LogP contribution in [-0.4, -0.2) is 62.9 Å². The van der Waals surface area contributed by atoms with Crippen LogP contribution in [0.4, 0.5) is 0 Å². The van der Waals surface area contributed by atoms with E-state index in [0.29, 0.717) is 37.9 Å². The van der Waals surface area contributed by atoms with Gasteiger partial charge in [0.1, 0.15) is 0 Å². The van der Waals surface area contributed by atoms with Gasteiger partial charge in [-0.05, 0) is 90.3 Å². The van der Waals surface area contributed by atoms with Crippen molar-refractivity contribution >= 4 is 17.7 Å². The van der Waals surface area contributed by atoms with Crippen LogP contribution in [-0.2, 0) is 19.1 Å². The Morgan fingerprint density at radius 2 is 0.836 bits per heavy atom. The maximum Gasteiger partial charge on any atom is 0.305 e. The summed E-state index contributed by atoms with van der Waals surface area (Å²) in [6, 6.07) is 0. The zero-order valence-electron chi connectivity index (χ0n) is 37.8. The maximum absolute atomic E-state index is 12.4. The molecule has 0 amide bonds. The molecule has 0 saturated carbocycles. The first-order chi connectivity index (χ1) is 26.9. The van der Waals surface area contributed by atoms with Crippen LogP contribution in [0, 0.1) is 11.8 Å². The maximum atomic E-state index is 12.4. The van der Waals surface area contributed by atoms with Crippen molar-refractivity contribution in [1.82, 2.24) is 10.3 Å². The predicted molar refractivity (Wildman–Crippen MR) is 238 cm³/mol. The van der Waals surface area contributed by atoms with Crippen LogP contribution in [0.15, 0.2) is 5.10 Å². The van der Waals surface area contributed by atoms with E-state index in [2.05, 4.69) is 52.1 Å². The van der Waals surface area contributed by atoms with Gasteiger partial charge in [0.15, 0.2) is 0 Å². The van der Waals surface area contributed by atoms with E-state index in [0.717, 1.165) is 96.6 Å². The van der Waals surface area contributed by atoms with E-state index in [9.17, 15) is 9.59 Å². The third kappa shape index (κ3) is 39.0. The number of ether oxygens (including phenoxy) is 2. The normalized spacial score (nSPS) is 11.5. The van der Waals surface area contributed by atoms with Gasteiger partial charge in [0.2, 0.25) is 0 Å². The number of carbonyl (C=O) groups is 2. The number of nitrogens with one attached hydrogen (secondary N) is 1. The molecule has 0 aliphatic rings. The van der Waals surface area contributed by atoms with Gasteiger partial charge in [-0.25, -0.2) is 0 Å². The van der Waals surface area contributed by atoms with Crippen molar-refractivity contribution in [2.75, 3.05) is 40.4 Å². The summed E-state index contributed by atoms with van der Waals surface area (Å²) in [6.07, 6.45) is 38.1. The van der Waals surface area contributed by atoms with Gasteiger partial charge in [-0.3, -0.25) is 9.59 Å². The fraction of sp³-hybridized carbons (Fsp3) is 0.938. The summed E-state index contributed by atoms with van der Waals surface area (Å²) >= 11 is 0. The van der Waals surface area contributed by atoms with E-state index >= 15 is 0 Å². The first kappa shape index (κ1) is 53.4. The average molecular weight is 778 g/mol. The summed E-state index contributed by atoms with van der Waals surface area (Å²) in [6.45, 7) is 12.2. The summed E-state index contributed by atoms with van der Waals surface area (Å²) < 4.78 is 11.3. The lowest BCUT2D eigenvalue weighted by Gasteiger charge is -2.16. The molecule has 0 radical (unpaired) electrons. The van der Waals surface area contributed by atoms with E-state index in [-0.39, 0.29) is 11.9 Å². The van der Waals surface area contributed by atoms with E-state index < -0.39 is 0 Å². The largest absolute Gasteiger partial charge is 0.466 e. The second kappa shape index (κ2) is 42.0. The van der Waals surface area contributed by atoms with Crippen LogP contribution in [0.2, 0.25) is 0 Å². The molecule has 0 aromatic carbocycles. The Hall–Kier alpha value is -1.63. The average Bonchev–Trinajstić information content (AvgIpc) is 3.16. The van der Waals surface area contributed by atoms with Crippen LogP contribution in [0.25, 0.3) is 0 Å². The molecule has 0 saturated heterocycles. The third-order valence-corrected chi connectivity index (χ3v) is 11.3. The van der Waals surface area contributed by atoms with Crippen molar-refractivity contribution in [3.8, 4) is 0 Å². The molecule has 0 spiro atoms. The van der Waals surface area contributed by atoms with Crippen LogP contribution >= 0.6 is 0 Å². The van der Waals surface area contributed by atoms with E-state index in [1.165, 1.54) is 121 Å². The highest BCUT2D eigenvalue weighted by Crippen LogP contribution is 2.23. The second-order valence-corrected chi connectivity index (χ2v) is 17.0. The molecule has 0 aromatic rings. The predicted octanol–water partition coefficient (Wildman–Crippen LogP) is 13.8. The Morgan fingerprint density at radius 3 is 1.20 bits per heavy atom. The lowest BCUT2D eigenvalue weighted by molar-refractivity contribution is -0.145. The first-order valence-corrected chi connectivity index (χ1v) is 24.1. The van der Waals surface area contributed by atoms with Gasteiger partial charge in [0, 0.05) is 25.1 Å². The van der Waals surface area contributed by atoms with Gasteiger partial charge >= 0.3 is 11.9 Å². The molecule has 1 N–H and O–H groups in total. The van der Waals surface area contributed by atoms with Crippen molar-refractivity contribution in [2.45, 2.75) is 240 Å². The Morgan fingerprint density at radius 1 is 0.473 bits per heavy atom. The highest BCUT2D eigenvalue weighted by atomic mass is 16.5. The quantitative estimate of drug-likeness (QED) is 0.0287. The molecule has 0 atom stereocenters. The molecule has 7 heteroatoms. The molecule has 0 aromatic heterocycles. The Kier molecular flexibility index (Phi) is 40.7. The molecule has 0 aliphatic heterocycles. The molecule has 0 rings (SSSR count). The molecule has 0 bridgehead atoms. The van der Waals surface area contributed by atoms with Crippen LogP contribution in [0.1, 0.15) is 240 Å². The highest BCUT2D eigenvalue weighted by Gasteiger charge is 2.12. The zero-order valence-corrected chi connectivity index (χ0v) is 37.8. The first-order valence-electron chi connectivity index (χ1n) is 24.1. The minimum atomic E-state index is -0.00903. The van der Waals surface area contributed by atoms with Crippen molar-refractivity contribution in [1.29, 1.82) is 0 Å². The summed E-state index contributed by atoms with van der Waals surface area (Å²) in [7, 11) is 4.23. The lowest BCUT2D eigenvalue weighted by Crippen LogP contribution is -2.19. The standard InChI is InChI=1S/C48H95N3O4/c1-7-11-21-30-44(31-22-12-8-2)38-42-54-47(52)36-27-19-15-17-25-34-46(50-49-40-29-41-51(5)6)35-26-18-16-20-28-37-48(53)55-43-39-45(32-23-13-9-3)33-24-14-10-4/h44-45,49H,7-43H2,1-6H3. The zero-order chi connectivity index (χ0) is 40.5. The van der Waals surface area contributed by atoms with Crippen molar-refractivity contribution in [2.24, 2.45) is 16.9 Å². The molecule has 55 heavy (non-hydrogen) atoms. The smallest absolute Gasteiger partial charge is 0.305 e. The van der Waals surface area contributed by atoms with E-state index in [1.807, 2.05) is 0 Å².